The molecule has 0 heterocycles. The van der Waals surface area contributed by atoms with Crippen LogP contribution in [-0.2, 0) is 38.3 Å². The summed E-state index contributed by atoms with van der Waals surface area (Å²) in [5, 5.41) is 0. The number of hydrogen-bond acceptors (Lipinski definition) is 4. The van der Waals surface area contributed by atoms with E-state index in [0.717, 1.165) is 0 Å². The van der Waals surface area contributed by atoms with E-state index in [4.69, 9.17) is 15.9 Å². The molecular weight excluding hydrogens is 185 g/mol. The molecule has 0 saturated carbocycles. The molecule has 0 spiro atoms. The molecule has 0 bridgehead atoms. The molecule has 0 atom stereocenters. The molecule has 5 nitrogen and oxygen atoms in total. The summed E-state index contributed by atoms with van der Waals surface area (Å²) in [6, 6.07) is 0. The Morgan fingerprint density at radius 2 is 1.14 bits per heavy atom. The van der Waals surface area contributed by atoms with Crippen LogP contribution in [0.25, 0.3) is 0 Å². The Labute approximate surface area is 53.2 Å². The first-order valence-electron chi connectivity index (χ1n) is 0.667. The molecule has 0 aromatic carbocycles. The van der Waals surface area contributed by atoms with E-state index in [1.54, 1.807) is 0 Å². The van der Waals surface area contributed by atoms with E-state index in [0.29, 0.717) is 0 Å². The summed E-state index contributed by atoms with van der Waals surface area (Å²) in [5.41, 5.74) is 0. The summed E-state index contributed by atoms with van der Waals surface area (Å²) in [4.78, 5) is 0. The van der Waals surface area contributed by atoms with Crippen LogP contribution in [0.5, 0.6) is 0 Å². The van der Waals surface area contributed by atoms with Crippen molar-refractivity contribution < 1.29 is 46.6 Å². The summed E-state index contributed by atoms with van der Waals surface area (Å²) in [5.74, 6) is 0. The maximum atomic E-state index is 8.59. The van der Waals surface area contributed by atoms with Crippen molar-refractivity contribution in [2.75, 3.05) is 0 Å². The molecule has 0 saturated heterocycles. The van der Waals surface area contributed by atoms with Crippen LogP contribution in [-0.4, -0.2) is 0 Å². The molecule has 0 aromatic rings. The van der Waals surface area contributed by atoms with Crippen LogP contribution < -0.4 is 14.5 Å². The van der Waals surface area contributed by atoms with Crippen molar-refractivity contribution in [3.8, 4) is 0 Å². The summed E-state index contributed by atoms with van der Waals surface area (Å²) in [6.07, 6.45) is 0. The van der Waals surface area contributed by atoms with Gasteiger partial charge in [-0.15, -0.1) is 0 Å². The predicted molar refractivity (Wildman–Crippen MR) is 7.36 cm³/mol. The summed E-state index contributed by atoms with van der Waals surface area (Å²) < 4.78 is 34.4. The third-order valence-corrected chi connectivity index (χ3v) is 0. The van der Waals surface area contributed by atoms with Crippen molar-refractivity contribution in [2.24, 2.45) is 0 Å². The third kappa shape index (κ3) is 474. The van der Waals surface area contributed by atoms with Gasteiger partial charge in [0.15, 0.2) is 0 Å². The maximum absolute atomic E-state index is 8.59. The van der Waals surface area contributed by atoms with E-state index in [-0.39, 0.29) is 23.2 Å². The minimum absolute atomic E-state index is 0. The Morgan fingerprint density at radius 3 is 1.14 bits per heavy atom. The monoisotopic (exact) mass is 189 g/mol. The van der Waals surface area contributed by atoms with E-state index in [9.17, 15) is 0 Å². The van der Waals surface area contributed by atoms with E-state index in [1.807, 2.05) is 0 Å². The van der Waals surface area contributed by atoms with Crippen LogP contribution in [0.3, 0.4) is 0 Å². The molecular formula is H4CrMnNO4. The van der Waals surface area contributed by atoms with Crippen molar-refractivity contribution in [2.45, 2.75) is 0 Å². The quantitative estimate of drug-likeness (QED) is 0.433. The van der Waals surface area contributed by atoms with Crippen molar-refractivity contribution in [3.63, 3.8) is 0 Å². The van der Waals surface area contributed by atoms with Gasteiger partial charge in [0.25, 0.3) is 0 Å². The molecule has 0 aliphatic heterocycles. The van der Waals surface area contributed by atoms with Gasteiger partial charge in [-0.25, -0.2) is 0 Å². The zero-order valence-electron chi connectivity index (χ0n) is 3.42. The van der Waals surface area contributed by atoms with E-state index in [2.05, 4.69) is 0 Å². The van der Waals surface area contributed by atoms with Crippen molar-refractivity contribution in [1.29, 1.82) is 0 Å². The Bertz CT molecular complexity index is 94.9. The zero-order valence-corrected chi connectivity index (χ0v) is 5.87. The molecule has 0 aliphatic rings. The Morgan fingerprint density at radius 1 is 1.14 bits per heavy atom. The van der Waals surface area contributed by atoms with E-state index >= 15 is 0 Å². The van der Waals surface area contributed by atoms with Crippen LogP contribution in [0, 0.1) is 0 Å². The third-order valence-electron chi connectivity index (χ3n) is 0. The second-order valence-corrected chi connectivity index (χ2v) is 1.68. The first-order chi connectivity index (χ1) is 2.00. The van der Waals surface area contributed by atoms with Crippen molar-refractivity contribution >= 4 is 0 Å². The summed E-state index contributed by atoms with van der Waals surface area (Å²) in [7, 11) is 0. The molecule has 0 aliphatic carbocycles. The van der Waals surface area contributed by atoms with Gasteiger partial charge in [-0.2, -0.15) is 0 Å². The fourth-order valence-corrected chi connectivity index (χ4v) is 0. The Kier molecular flexibility index (Phi) is 10.5. The van der Waals surface area contributed by atoms with Gasteiger partial charge in [-0.3, -0.25) is 0 Å². The molecule has 0 unspecified atom stereocenters. The topological polar surface area (TPSA) is 117 Å². The molecule has 7 heavy (non-hydrogen) atoms. The van der Waals surface area contributed by atoms with Gasteiger partial charge < -0.3 is 6.15 Å². The standard InChI is InChI=1S/Cr.Mn.H3N.4O/h;;1H3;;;;/q;+1;;;;2*-1/p+1. The van der Waals surface area contributed by atoms with E-state index in [1.165, 1.54) is 0 Å². The van der Waals surface area contributed by atoms with Crippen LogP contribution in [0.4, 0.5) is 0 Å². The van der Waals surface area contributed by atoms with Gasteiger partial charge in [0.1, 0.15) is 0 Å². The van der Waals surface area contributed by atoms with Gasteiger partial charge in [0.05, 0.1) is 0 Å². The summed E-state index contributed by atoms with van der Waals surface area (Å²) in [6.45, 7) is 0. The van der Waals surface area contributed by atoms with Gasteiger partial charge >= 0.3 is 46.6 Å². The molecule has 46 valence electrons. The fraction of sp³-hybridized carbons (Fsp3) is 0. The SMILES string of the molecule is [Mn+].[NH4+].[O]=[Cr](=[O])([O-])[O-]. The number of rotatable bonds is 0. The molecule has 0 rings (SSSR count). The van der Waals surface area contributed by atoms with Crippen LogP contribution in [0.15, 0.2) is 0 Å². The molecule has 7 heteroatoms. The average molecular weight is 189 g/mol. The van der Waals surface area contributed by atoms with Crippen molar-refractivity contribution in [3.05, 3.63) is 0 Å². The Hall–Kier alpha value is 0.532. The molecule has 0 radical (unpaired) electrons. The molecule has 0 fully saturated rings. The number of hydrogen-bond donors (Lipinski definition) is 1. The van der Waals surface area contributed by atoms with Crippen LogP contribution >= 0.6 is 0 Å². The first kappa shape index (κ1) is 15.6. The van der Waals surface area contributed by atoms with Crippen LogP contribution in [0.1, 0.15) is 0 Å². The normalized spacial score (nSPS) is 8.29. The van der Waals surface area contributed by atoms with Gasteiger partial charge in [-0.1, -0.05) is 0 Å². The molecule has 0 aromatic heterocycles. The zero-order chi connectivity index (χ0) is 4.50. The fourth-order valence-electron chi connectivity index (χ4n) is 0. The second-order valence-electron chi connectivity index (χ2n) is 0.408. The van der Waals surface area contributed by atoms with Gasteiger partial charge in [0.2, 0.25) is 0 Å². The van der Waals surface area contributed by atoms with Gasteiger partial charge in [-0.05, 0) is 0 Å². The first-order valence-corrected chi connectivity index (χ1v) is 2.75. The minimum atomic E-state index is -5.75. The molecule has 4 N–H and O–H groups in total. The Balaban J connectivity index is -0.0000000800. The summed E-state index contributed by atoms with van der Waals surface area (Å²) >= 11 is -5.75. The van der Waals surface area contributed by atoms with Gasteiger partial charge in [0, 0.05) is 0 Å². The second kappa shape index (κ2) is 4.69. The van der Waals surface area contributed by atoms with Crippen molar-refractivity contribution in [1.82, 2.24) is 6.15 Å². The average Bonchev–Trinajstić information content (AvgIpc) is 0.722. The molecule has 0 amide bonds. The predicted octanol–water partition coefficient (Wildman–Crippen LogP) is -2.24. The number of quaternary nitrogens is 1. The van der Waals surface area contributed by atoms with Crippen LogP contribution in [0.2, 0.25) is 0 Å². The van der Waals surface area contributed by atoms with E-state index < -0.39 is 13.6 Å².